The summed E-state index contributed by atoms with van der Waals surface area (Å²) in [5.74, 6) is 0.247. The lowest BCUT2D eigenvalue weighted by molar-refractivity contribution is -0.134. The van der Waals surface area contributed by atoms with Crippen molar-refractivity contribution in [3.8, 4) is 0 Å². The van der Waals surface area contributed by atoms with Gasteiger partial charge in [-0.1, -0.05) is 13.8 Å². The Morgan fingerprint density at radius 3 is 2.76 bits per heavy atom. The molecule has 0 aliphatic carbocycles. The topological polar surface area (TPSA) is 41.6 Å². The molecule has 17 heavy (non-hydrogen) atoms. The smallest absolute Gasteiger partial charge is 0.225 e. The Balaban J connectivity index is 2.32. The largest absolute Gasteiger partial charge is 0.381 e. The number of hydrogen-bond acceptors (Lipinski definition) is 3. The lowest BCUT2D eigenvalue weighted by Gasteiger charge is -2.28. The van der Waals surface area contributed by atoms with E-state index >= 15 is 0 Å². The molecule has 0 spiro atoms. The van der Waals surface area contributed by atoms with Gasteiger partial charge in [-0.05, 0) is 25.8 Å². The van der Waals surface area contributed by atoms with Crippen molar-refractivity contribution in [1.29, 1.82) is 0 Å². The molecule has 0 aromatic rings. The fraction of sp³-hybridized carbons (Fsp3) is 0.923. The zero-order chi connectivity index (χ0) is 12.5. The fourth-order valence-electron chi connectivity index (χ4n) is 2.21. The second-order valence-electron chi connectivity index (χ2n) is 4.60. The monoisotopic (exact) mass is 242 g/mol. The van der Waals surface area contributed by atoms with Crippen molar-refractivity contribution in [1.82, 2.24) is 10.2 Å². The van der Waals surface area contributed by atoms with Gasteiger partial charge < -0.3 is 15.0 Å². The van der Waals surface area contributed by atoms with E-state index < -0.39 is 0 Å². The van der Waals surface area contributed by atoms with Crippen LogP contribution in [0.4, 0.5) is 0 Å². The van der Waals surface area contributed by atoms with Gasteiger partial charge in [0.2, 0.25) is 5.91 Å². The Morgan fingerprint density at radius 1 is 1.35 bits per heavy atom. The van der Waals surface area contributed by atoms with Crippen molar-refractivity contribution >= 4 is 5.91 Å². The summed E-state index contributed by atoms with van der Waals surface area (Å²) < 4.78 is 5.38. The van der Waals surface area contributed by atoms with E-state index in [2.05, 4.69) is 19.2 Å². The molecular weight excluding hydrogens is 216 g/mol. The van der Waals surface area contributed by atoms with Gasteiger partial charge in [0.05, 0.1) is 13.0 Å². The first kappa shape index (κ1) is 14.5. The normalized spacial score (nSPS) is 19.5. The molecular formula is C13H26N2O2. The lowest BCUT2D eigenvalue weighted by atomic mass is 10.2. The summed E-state index contributed by atoms with van der Waals surface area (Å²) in [4.78, 5) is 14.1. The summed E-state index contributed by atoms with van der Waals surface area (Å²) >= 11 is 0. The molecule has 0 radical (unpaired) electrons. The van der Waals surface area contributed by atoms with Crippen LogP contribution in [0, 0.1) is 0 Å². The van der Waals surface area contributed by atoms with E-state index in [1.54, 1.807) is 0 Å². The maximum Gasteiger partial charge on any atom is 0.225 e. The molecule has 1 aliphatic rings. The molecule has 0 bridgehead atoms. The van der Waals surface area contributed by atoms with E-state index in [9.17, 15) is 4.79 Å². The van der Waals surface area contributed by atoms with Gasteiger partial charge in [-0.15, -0.1) is 0 Å². The van der Waals surface area contributed by atoms with Crippen molar-refractivity contribution < 1.29 is 9.53 Å². The summed E-state index contributed by atoms with van der Waals surface area (Å²) in [5, 5.41) is 3.32. The molecule has 0 aromatic carbocycles. The second-order valence-corrected chi connectivity index (χ2v) is 4.60. The fourth-order valence-corrected chi connectivity index (χ4v) is 2.21. The molecule has 4 nitrogen and oxygen atoms in total. The summed E-state index contributed by atoms with van der Waals surface area (Å²) in [6.45, 7) is 8.37. The van der Waals surface area contributed by atoms with Crippen LogP contribution < -0.4 is 5.32 Å². The summed E-state index contributed by atoms with van der Waals surface area (Å²) in [6.07, 6.45) is 3.65. The van der Waals surface area contributed by atoms with Crippen LogP contribution >= 0.6 is 0 Å². The SMILES string of the molecule is CCCOCCC(=O)N(CCC)C1CCNC1. The Bertz CT molecular complexity index is 215. The van der Waals surface area contributed by atoms with Crippen LogP contribution in [0.15, 0.2) is 0 Å². The first-order valence-corrected chi connectivity index (χ1v) is 6.87. The first-order valence-electron chi connectivity index (χ1n) is 6.87. The standard InChI is InChI=1S/C13H26N2O2/c1-3-8-15(12-5-7-14-11-12)13(16)6-10-17-9-4-2/h12,14H,3-11H2,1-2H3. The molecule has 1 amide bonds. The average Bonchev–Trinajstić information content (AvgIpc) is 2.85. The Labute approximate surface area is 105 Å². The van der Waals surface area contributed by atoms with Crippen LogP contribution in [0.5, 0.6) is 0 Å². The highest BCUT2D eigenvalue weighted by molar-refractivity contribution is 5.76. The van der Waals surface area contributed by atoms with Gasteiger partial charge in [-0.2, -0.15) is 0 Å². The van der Waals surface area contributed by atoms with Crippen molar-refractivity contribution in [2.75, 3.05) is 32.8 Å². The van der Waals surface area contributed by atoms with E-state index in [4.69, 9.17) is 4.74 Å². The molecule has 0 aromatic heterocycles. The second kappa shape index (κ2) is 8.48. The lowest BCUT2D eigenvalue weighted by Crippen LogP contribution is -2.42. The number of nitrogens with zero attached hydrogens (tertiary/aromatic N) is 1. The maximum atomic E-state index is 12.1. The Hall–Kier alpha value is -0.610. The highest BCUT2D eigenvalue weighted by atomic mass is 16.5. The van der Waals surface area contributed by atoms with Crippen molar-refractivity contribution in [2.24, 2.45) is 0 Å². The van der Waals surface area contributed by atoms with E-state index in [1.807, 2.05) is 4.90 Å². The van der Waals surface area contributed by atoms with Crippen molar-refractivity contribution in [3.63, 3.8) is 0 Å². The quantitative estimate of drug-likeness (QED) is 0.654. The van der Waals surface area contributed by atoms with Gasteiger partial charge in [0.15, 0.2) is 0 Å². The van der Waals surface area contributed by atoms with Crippen LogP contribution in [0.2, 0.25) is 0 Å². The number of hydrogen-bond donors (Lipinski definition) is 1. The third-order valence-electron chi connectivity index (χ3n) is 3.07. The van der Waals surface area contributed by atoms with Gasteiger partial charge in [-0.25, -0.2) is 0 Å². The molecule has 1 rings (SSSR count). The summed E-state index contributed by atoms with van der Waals surface area (Å²) in [7, 11) is 0. The number of nitrogens with one attached hydrogen (secondary N) is 1. The molecule has 1 N–H and O–H groups in total. The molecule has 1 fully saturated rings. The van der Waals surface area contributed by atoms with E-state index in [1.165, 1.54) is 0 Å². The number of amides is 1. The average molecular weight is 242 g/mol. The van der Waals surface area contributed by atoms with E-state index in [-0.39, 0.29) is 5.91 Å². The predicted molar refractivity (Wildman–Crippen MR) is 69.0 cm³/mol. The third kappa shape index (κ3) is 5.04. The first-order chi connectivity index (χ1) is 8.29. The van der Waals surface area contributed by atoms with Gasteiger partial charge >= 0.3 is 0 Å². The minimum atomic E-state index is 0.247. The minimum Gasteiger partial charge on any atom is -0.381 e. The highest BCUT2D eigenvalue weighted by Crippen LogP contribution is 2.11. The minimum absolute atomic E-state index is 0.247. The van der Waals surface area contributed by atoms with E-state index in [0.29, 0.717) is 19.1 Å². The van der Waals surface area contributed by atoms with Gasteiger partial charge in [0.25, 0.3) is 0 Å². The Morgan fingerprint density at radius 2 is 2.18 bits per heavy atom. The number of carbonyl (C=O) groups is 1. The maximum absolute atomic E-state index is 12.1. The number of rotatable bonds is 8. The zero-order valence-electron chi connectivity index (χ0n) is 11.2. The molecule has 100 valence electrons. The Kier molecular flexibility index (Phi) is 7.21. The highest BCUT2D eigenvalue weighted by Gasteiger charge is 2.25. The van der Waals surface area contributed by atoms with Gasteiger partial charge in [0, 0.05) is 25.7 Å². The third-order valence-corrected chi connectivity index (χ3v) is 3.07. The number of carbonyl (C=O) groups excluding carboxylic acids is 1. The van der Waals surface area contributed by atoms with Gasteiger partial charge in [0.1, 0.15) is 0 Å². The molecule has 1 heterocycles. The van der Waals surface area contributed by atoms with E-state index in [0.717, 1.165) is 45.5 Å². The zero-order valence-corrected chi connectivity index (χ0v) is 11.2. The summed E-state index contributed by atoms with van der Waals surface area (Å²) in [5.41, 5.74) is 0. The van der Waals surface area contributed by atoms with Crippen molar-refractivity contribution in [3.05, 3.63) is 0 Å². The van der Waals surface area contributed by atoms with Crippen LogP contribution in [0.3, 0.4) is 0 Å². The van der Waals surface area contributed by atoms with Crippen LogP contribution in [-0.4, -0.2) is 49.7 Å². The predicted octanol–water partition coefficient (Wildman–Crippen LogP) is 1.40. The molecule has 0 saturated carbocycles. The van der Waals surface area contributed by atoms with Crippen molar-refractivity contribution in [2.45, 2.75) is 45.6 Å². The van der Waals surface area contributed by atoms with Crippen LogP contribution in [-0.2, 0) is 9.53 Å². The molecule has 1 atom stereocenters. The molecule has 1 saturated heterocycles. The molecule has 1 aliphatic heterocycles. The molecule has 4 heteroatoms. The van der Waals surface area contributed by atoms with Crippen LogP contribution in [0.1, 0.15) is 39.5 Å². The van der Waals surface area contributed by atoms with Crippen LogP contribution in [0.25, 0.3) is 0 Å². The summed E-state index contributed by atoms with van der Waals surface area (Å²) in [6, 6.07) is 0.397. The molecule has 1 unspecified atom stereocenters. The van der Waals surface area contributed by atoms with Gasteiger partial charge in [-0.3, -0.25) is 4.79 Å². The number of ether oxygens (including phenoxy) is 1.